The summed E-state index contributed by atoms with van der Waals surface area (Å²) in [5.74, 6) is 0.888. The third kappa shape index (κ3) is 4.64. The molecule has 5 rings (SSSR count). The van der Waals surface area contributed by atoms with Crippen LogP contribution in [0, 0.1) is 0 Å². The first kappa shape index (κ1) is 22.4. The van der Waals surface area contributed by atoms with Crippen LogP contribution in [0.4, 0.5) is 5.69 Å². The van der Waals surface area contributed by atoms with Gasteiger partial charge in [-0.25, -0.2) is 9.67 Å². The fourth-order valence-corrected chi connectivity index (χ4v) is 4.38. The highest BCUT2D eigenvalue weighted by Gasteiger charge is 2.20. The molecule has 0 unspecified atom stereocenters. The predicted octanol–water partition coefficient (Wildman–Crippen LogP) is 5.93. The highest BCUT2D eigenvalue weighted by atomic mass is 32.1. The molecule has 174 valence electrons. The summed E-state index contributed by atoms with van der Waals surface area (Å²) < 4.78 is 12.5. The molecule has 0 saturated heterocycles. The zero-order chi connectivity index (χ0) is 24.2. The molecule has 1 amide bonds. The molecule has 0 bridgehead atoms. The van der Waals surface area contributed by atoms with E-state index in [-0.39, 0.29) is 5.91 Å². The van der Waals surface area contributed by atoms with Crippen LogP contribution in [0.2, 0.25) is 0 Å². The Hall–Kier alpha value is -4.43. The number of amides is 1. The van der Waals surface area contributed by atoms with Crippen LogP contribution >= 0.6 is 11.3 Å². The van der Waals surface area contributed by atoms with Crippen molar-refractivity contribution in [3.8, 4) is 39.0 Å². The van der Waals surface area contributed by atoms with E-state index < -0.39 is 0 Å². The molecule has 2 aromatic heterocycles. The average molecular weight is 483 g/mol. The lowest BCUT2D eigenvalue weighted by atomic mass is 10.1. The number of hydrogen-bond donors (Lipinski definition) is 1. The second-order valence-corrected chi connectivity index (χ2v) is 8.51. The van der Waals surface area contributed by atoms with E-state index in [9.17, 15) is 4.79 Å². The van der Waals surface area contributed by atoms with Crippen LogP contribution in [0.25, 0.3) is 27.5 Å². The lowest BCUT2D eigenvalue weighted by molar-refractivity contribution is 0.102. The Bertz CT molecular complexity index is 1460. The first-order valence-electron chi connectivity index (χ1n) is 10.8. The van der Waals surface area contributed by atoms with Crippen LogP contribution in [0.5, 0.6) is 11.5 Å². The molecule has 3 aromatic carbocycles. The normalized spacial score (nSPS) is 10.7. The summed E-state index contributed by atoms with van der Waals surface area (Å²) in [5, 5.41) is 10.6. The van der Waals surface area contributed by atoms with E-state index >= 15 is 0 Å². The van der Waals surface area contributed by atoms with Crippen molar-refractivity contribution in [2.24, 2.45) is 0 Å². The number of nitrogens with zero attached hydrogens (tertiary/aromatic N) is 3. The maximum Gasteiger partial charge on any atom is 0.259 e. The summed E-state index contributed by atoms with van der Waals surface area (Å²) in [6.45, 7) is 0. The molecule has 1 N–H and O–H groups in total. The van der Waals surface area contributed by atoms with Gasteiger partial charge in [0.2, 0.25) is 0 Å². The summed E-state index contributed by atoms with van der Waals surface area (Å²) in [7, 11) is 3.16. The molecular formula is C27H22N4O3S. The van der Waals surface area contributed by atoms with Crippen LogP contribution in [0.15, 0.2) is 90.6 Å². The molecule has 0 aliphatic rings. The number of carbonyl (C=O) groups is 1. The van der Waals surface area contributed by atoms with Crippen LogP contribution in [0.3, 0.4) is 0 Å². The van der Waals surface area contributed by atoms with Crippen molar-refractivity contribution in [1.82, 2.24) is 14.8 Å². The van der Waals surface area contributed by atoms with Crippen LogP contribution in [-0.2, 0) is 0 Å². The minimum Gasteiger partial charge on any atom is -0.493 e. The van der Waals surface area contributed by atoms with Gasteiger partial charge in [0.25, 0.3) is 5.91 Å². The molecule has 0 aliphatic carbocycles. The Labute approximate surface area is 206 Å². The van der Waals surface area contributed by atoms with Crippen molar-refractivity contribution in [1.29, 1.82) is 0 Å². The summed E-state index contributed by atoms with van der Waals surface area (Å²) in [6, 6.07) is 22.8. The molecule has 2 heterocycles. The van der Waals surface area contributed by atoms with Crippen LogP contribution in [-0.4, -0.2) is 34.9 Å². The number of rotatable bonds is 7. The Balaban J connectivity index is 1.54. The van der Waals surface area contributed by atoms with E-state index in [1.54, 1.807) is 48.7 Å². The van der Waals surface area contributed by atoms with E-state index in [0.717, 1.165) is 21.8 Å². The van der Waals surface area contributed by atoms with Crippen molar-refractivity contribution in [2.45, 2.75) is 0 Å². The lowest BCUT2D eigenvalue weighted by Crippen LogP contribution is -2.12. The number of methoxy groups -OCH3 is 2. The van der Waals surface area contributed by atoms with E-state index in [0.29, 0.717) is 28.4 Å². The quantitative estimate of drug-likeness (QED) is 0.311. The minimum absolute atomic E-state index is 0.270. The molecule has 0 radical (unpaired) electrons. The molecule has 0 fully saturated rings. The van der Waals surface area contributed by atoms with Gasteiger partial charge in [0.1, 0.15) is 10.7 Å². The molecule has 5 aromatic rings. The summed E-state index contributed by atoms with van der Waals surface area (Å²) in [6.07, 6.45) is 3.50. The SMILES string of the molecule is COc1ccc(-c2nn(-c3ccccc3)cc2C(=O)Nc2cccc(-c3nccs3)c2)cc1OC. The smallest absolute Gasteiger partial charge is 0.259 e. The van der Waals surface area contributed by atoms with Gasteiger partial charge >= 0.3 is 0 Å². The second kappa shape index (κ2) is 9.82. The van der Waals surface area contributed by atoms with Crippen LogP contribution < -0.4 is 14.8 Å². The van der Waals surface area contributed by atoms with Gasteiger partial charge in [-0.15, -0.1) is 11.3 Å². The first-order chi connectivity index (χ1) is 17.2. The van der Waals surface area contributed by atoms with E-state index in [4.69, 9.17) is 14.6 Å². The van der Waals surface area contributed by atoms with E-state index in [1.807, 2.05) is 72.1 Å². The number of anilines is 1. The standard InChI is InChI=1S/C27H22N4O3S/c1-33-23-12-11-18(16-24(23)34-2)25-22(17-31(30-25)21-9-4-3-5-10-21)26(32)29-20-8-6-7-19(15-20)27-28-13-14-35-27/h3-17H,1-2H3,(H,29,32). The van der Waals surface area contributed by atoms with Gasteiger partial charge in [-0.2, -0.15) is 5.10 Å². The first-order valence-corrected chi connectivity index (χ1v) is 11.7. The predicted molar refractivity (Wildman–Crippen MR) is 138 cm³/mol. The molecule has 7 nitrogen and oxygen atoms in total. The molecule has 0 spiro atoms. The van der Waals surface area contributed by atoms with Crippen LogP contribution in [0.1, 0.15) is 10.4 Å². The Morgan fingerprint density at radius 1 is 0.914 bits per heavy atom. The number of ether oxygens (including phenoxy) is 2. The summed E-state index contributed by atoms with van der Waals surface area (Å²) >= 11 is 1.55. The monoisotopic (exact) mass is 482 g/mol. The molecule has 8 heteroatoms. The Morgan fingerprint density at radius 2 is 1.74 bits per heavy atom. The van der Waals surface area contributed by atoms with Gasteiger partial charge in [-0.05, 0) is 42.5 Å². The van der Waals surface area contributed by atoms with Gasteiger partial charge in [0.05, 0.1) is 25.5 Å². The fourth-order valence-electron chi connectivity index (χ4n) is 3.74. The van der Waals surface area contributed by atoms with Gasteiger partial charge in [-0.1, -0.05) is 30.3 Å². The number of carbonyl (C=O) groups excluding carboxylic acids is 1. The second-order valence-electron chi connectivity index (χ2n) is 7.61. The molecule has 35 heavy (non-hydrogen) atoms. The van der Waals surface area contributed by atoms with E-state index in [2.05, 4.69) is 10.3 Å². The lowest BCUT2D eigenvalue weighted by Gasteiger charge is -2.10. The number of hydrogen-bond acceptors (Lipinski definition) is 6. The van der Waals surface area contributed by atoms with Gasteiger partial charge < -0.3 is 14.8 Å². The largest absolute Gasteiger partial charge is 0.493 e. The Kier molecular flexibility index (Phi) is 6.28. The molecule has 0 aliphatic heterocycles. The number of nitrogens with one attached hydrogen (secondary N) is 1. The maximum absolute atomic E-state index is 13.5. The summed E-state index contributed by atoms with van der Waals surface area (Å²) in [4.78, 5) is 17.9. The number of para-hydroxylation sites is 1. The zero-order valence-electron chi connectivity index (χ0n) is 19.1. The highest BCUT2D eigenvalue weighted by Crippen LogP contribution is 2.34. The minimum atomic E-state index is -0.270. The topological polar surface area (TPSA) is 78.3 Å². The fraction of sp³-hybridized carbons (Fsp3) is 0.0741. The van der Waals surface area contributed by atoms with Crippen molar-refractivity contribution >= 4 is 22.9 Å². The molecular weight excluding hydrogens is 460 g/mol. The summed E-state index contributed by atoms with van der Waals surface area (Å²) in [5.41, 5.74) is 4.16. The van der Waals surface area contributed by atoms with Crippen molar-refractivity contribution < 1.29 is 14.3 Å². The number of benzene rings is 3. The van der Waals surface area contributed by atoms with E-state index in [1.165, 1.54) is 0 Å². The molecule has 0 saturated carbocycles. The van der Waals surface area contributed by atoms with Gasteiger partial charge in [0, 0.05) is 34.6 Å². The maximum atomic E-state index is 13.5. The third-order valence-corrected chi connectivity index (χ3v) is 6.26. The van der Waals surface area contributed by atoms with Crippen molar-refractivity contribution in [2.75, 3.05) is 19.5 Å². The van der Waals surface area contributed by atoms with Crippen molar-refractivity contribution in [3.05, 3.63) is 96.1 Å². The van der Waals surface area contributed by atoms with Gasteiger partial charge in [-0.3, -0.25) is 4.79 Å². The zero-order valence-corrected chi connectivity index (χ0v) is 20.0. The molecule has 0 atom stereocenters. The Morgan fingerprint density at radius 3 is 2.49 bits per heavy atom. The van der Waals surface area contributed by atoms with Gasteiger partial charge in [0.15, 0.2) is 11.5 Å². The third-order valence-electron chi connectivity index (χ3n) is 5.44. The van der Waals surface area contributed by atoms with Crippen molar-refractivity contribution in [3.63, 3.8) is 0 Å². The number of thiazole rings is 1. The number of aromatic nitrogens is 3. The highest BCUT2D eigenvalue weighted by molar-refractivity contribution is 7.13. The average Bonchev–Trinajstić information content (AvgIpc) is 3.60.